The van der Waals surface area contributed by atoms with E-state index in [1.807, 2.05) is 12.1 Å². The molecule has 2 heteroatoms. The number of rotatable bonds is 2. The largest absolute Gasteiger partial charge is 0.316 e. The molecule has 0 spiro atoms. The Morgan fingerprint density at radius 1 is 1.05 bits per heavy atom. The third-order valence-corrected chi connectivity index (χ3v) is 6.06. The lowest BCUT2D eigenvalue weighted by atomic mass is 9.46. The zero-order valence-corrected chi connectivity index (χ0v) is 11.5. The van der Waals surface area contributed by atoms with Crippen molar-refractivity contribution in [3.63, 3.8) is 0 Å². The Labute approximate surface area is 114 Å². The first-order valence-corrected chi connectivity index (χ1v) is 7.63. The fourth-order valence-corrected chi connectivity index (χ4v) is 5.65. The monoisotopic (exact) mass is 259 g/mol. The maximum atomic E-state index is 13.2. The van der Waals surface area contributed by atoms with Gasteiger partial charge in [-0.1, -0.05) is 12.1 Å². The fraction of sp³-hybridized carbons (Fsp3) is 0.647. The minimum atomic E-state index is -0.110. The van der Waals surface area contributed by atoms with Crippen LogP contribution in [0.4, 0.5) is 4.39 Å². The van der Waals surface area contributed by atoms with E-state index < -0.39 is 0 Å². The highest BCUT2D eigenvalue weighted by Crippen LogP contribution is 2.60. The van der Waals surface area contributed by atoms with Gasteiger partial charge in [-0.15, -0.1) is 0 Å². The predicted molar refractivity (Wildman–Crippen MR) is 74.5 cm³/mol. The van der Waals surface area contributed by atoms with E-state index in [2.05, 4.69) is 12.4 Å². The molecule has 2 atom stereocenters. The highest BCUT2D eigenvalue weighted by Gasteiger charge is 2.55. The van der Waals surface area contributed by atoms with Crippen LogP contribution in [0, 0.1) is 23.6 Å². The van der Waals surface area contributed by atoms with Gasteiger partial charge in [-0.2, -0.15) is 0 Å². The number of benzene rings is 1. The molecule has 1 aromatic carbocycles. The fourth-order valence-electron chi connectivity index (χ4n) is 5.65. The van der Waals surface area contributed by atoms with Crippen LogP contribution in [-0.2, 0) is 5.41 Å². The molecule has 5 rings (SSSR count). The predicted octanol–water partition coefficient (Wildman–Crippen LogP) is 3.49. The standard InChI is InChI=1S/C17H22FN/c1-19-16-12-6-11-7-13(16)10-17(8-11,9-12)14-2-4-15(18)5-3-14/h2-5,11-13,16,19H,6-10H2,1H3. The Morgan fingerprint density at radius 3 is 2.26 bits per heavy atom. The van der Waals surface area contributed by atoms with Crippen molar-refractivity contribution < 1.29 is 4.39 Å². The first-order valence-electron chi connectivity index (χ1n) is 7.63. The van der Waals surface area contributed by atoms with E-state index in [1.165, 1.54) is 37.7 Å². The topological polar surface area (TPSA) is 12.0 Å². The van der Waals surface area contributed by atoms with Gasteiger partial charge in [0, 0.05) is 6.04 Å². The summed E-state index contributed by atoms with van der Waals surface area (Å²) >= 11 is 0. The lowest BCUT2D eigenvalue weighted by Gasteiger charge is -2.60. The molecule has 1 N–H and O–H groups in total. The molecule has 1 aromatic rings. The molecule has 1 nitrogen and oxygen atoms in total. The molecule has 2 unspecified atom stereocenters. The van der Waals surface area contributed by atoms with Gasteiger partial charge in [0.15, 0.2) is 0 Å². The molecule has 0 saturated heterocycles. The van der Waals surface area contributed by atoms with Crippen LogP contribution in [0.1, 0.15) is 37.7 Å². The summed E-state index contributed by atoms with van der Waals surface area (Å²) in [5, 5.41) is 3.56. The maximum Gasteiger partial charge on any atom is 0.123 e. The Morgan fingerprint density at radius 2 is 1.68 bits per heavy atom. The Kier molecular flexibility index (Phi) is 2.54. The van der Waals surface area contributed by atoms with Crippen LogP contribution in [0.25, 0.3) is 0 Å². The molecule has 19 heavy (non-hydrogen) atoms. The van der Waals surface area contributed by atoms with E-state index in [1.54, 1.807) is 12.1 Å². The van der Waals surface area contributed by atoms with Crippen LogP contribution in [0.3, 0.4) is 0 Å². The molecule has 4 aliphatic carbocycles. The van der Waals surface area contributed by atoms with Gasteiger partial charge in [0.25, 0.3) is 0 Å². The van der Waals surface area contributed by atoms with Gasteiger partial charge in [0.05, 0.1) is 0 Å². The molecule has 4 fully saturated rings. The van der Waals surface area contributed by atoms with Gasteiger partial charge in [0.1, 0.15) is 5.82 Å². The molecule has 4 aliphatic rings. The van der Waals surface area contributed by atoms with Crippen LogP contribution >= 0.6 is 0 Å². The second kappa shape index (κ2) is 4.05. The van der Waals surface area contributed by atoms with E-state index in [9.17, 15) is 4.39 Å². The van der Waals surface area contributed by atoms with Crippen LogP contribution < -0.4 is 5.32 Å². The van der Waals surface area contributed by atoms with Crippen LogP contribution in [0.5, 0.6) is 0 Å². The first-order chi connectivity index (χ1) is 9.20. The van der Waals surface area contributed by atoms with Crippen molar-refractivity contribution in [3.8, 4) is 0 Å². The quantitative estimate of drug-likeness (QED) is 0.857. The second-order valence-electron chi connectivity index (χ2n) is 7.07. The molecule has 0 radical (unpaired) electrons. The minimum Gasteiger partial charge on any atom is -0.316 e. The Hall–Kier alpha value is -0.890. The summed E-state index contributed by atoms with van der Waals surface area (Å²) in [5.74, 6) is 2.47. The first kappa shape index (κ1) is 11.9. The van der Waals surface area contributed by atoms with Gasteiger partial charge in [-0.05, 0) is 80.0 Å². The summed E-state index contributed by atoms with van der Waals surface area (Å²) in [6, 6.07) is 8.09. The van der Waals surface area contributed by atoms with Crippen molar-refractivity contribution in [2.24, 2.45) is 17.8 Å². The van der Waals surface area contributed by atoms with Crippen molar-refractivity contribution in [2.75, 3.05) is 7.05 Å². The molecular formula is C17H22FN. The van der Waals surface area contributed by atoms with Crippen LogP contribution in [-0.4, -0.2) is 13.1 Å². The lowest BCUT2D eigenvalue weighted by Crippen LogP contribution is -2.59. The minimum absolute atomic E-state index is 0.110. The van der Waals surface area contributed by atoms with E-state index in [4.69, 9.17) is 0 Å². The van der Waals surface area contributed by atoms with Crippen LogP contribution in [0.2, 0.25) is 0 Å². The van der Waals surface area contributed by atoms with Crippen molar-refractivity contribution in [1.82, 2.24) is 5.32 Å². The highest BCUT2D eigenvalue weighted by atomic mass is 19.1. The van der Waals surface area contributed by atoms with E-state index in [0.717, 1.165) is 23.8 Å². The lowest BCUT2D eigenvalue weighted by molar-refractivity contribution is -0.0326. The Bertz CT molecular complexity index is 465. The van der Waals surface area contributed by atoms with Gasteiger partial charge in [-0.25, -0.2) is 4.39 Å². The summed E-state index contributed by atoms with van der Waals surface area (Å²) < 4.78 is 13.2. The summed E-state index contributed by atoms with van der Waals surface area (Å²) in [6.45, 7) is 0. The number of halogens is 1. The van der Waals surface area contributed by atoms with Gasteiger partial charge < -0.3 is 5.32 Å². The molecule has 0 heterocycles. The third kappa shape index (κ3) is 1.69. The average molecular weight is 259 g/mol. The highest BCUT2D eigenvalue weighted by molar-refractivity contribution is 5.30. The van der Waals surface area contributed by atoms with Crippen molar-refractivity contribution >= 4 is 0 Å². The molecule has 4 saturated carbocycles. The van der Waals surface area contributed by atoms with E-state index >= 15 is 0 Å². The number of hydrogen-bond donors (Lipinski definition) is 1. The number of hydrogen-bond acceptors (Lipinski definition) is 1. The molecule has 102 valence electrons. The van der Waals surface area contributed by atoms with E-state index in [0.29, 0.717) is 5.41 Å². The normalized spacial score (nSPS) is 43.7. The molecule has 0 amide bonds. The van der Waals surface area contributed by atoms with Gasteiger partial charge >= 0.3 is 0 Å². The van der Waals surface area contributed by atoms with Crippen molar-refractivity contribution in [2.45, 2.75) is 43.6 Å². The van der Waals surface area contributed by atoms with Crippen LogP contribution in [0.15, 0.2) is 24.3 Å². The smallest absolute Gasteiger partial charge is 0.123 e. The SMILES string of the molecule is CNC1C2CC3CC1CC(c1ccc(F)cc1)(C3)C2. The third-order valence-electron chi connectivity index (χ3n) is 6.06. The van der Waals surface area contributed by atoms with Gasteiger partial charge in [-0.3, -0.25) is 0 Å². The van der Waals surface area contributed by atoms with Gasteiger partial charge in [0.2, 0.25) is 0 Å². The van der Waals surface area contributed by atoms with E-state index in [-0.39, 0.29) is 5.82 Å². The zero-order valence-electron chi connectivity index (χ0n) is 11.5. The zero-order chi connectivity index (χ0) is 13.0. The molecular weight excluding hydrogens is 237 g/mol. The summed E-state index contributed by atoms with van der Waals surface area (Å²) in [7, 11) is 2.12. The summed E-state index contributed by atoms with van der Waals surface area (Å²) in [4.78, 5) is 0. The molecule has 0 aromatic heterocycles. The summed E-state index contributed by atoms with van der Waals surface area (Å²) in [5.41, 5.74) is 1.75. The molecule has 0 aliphatic heterocycles. The Balaban J connectivity index is 1.71. The molecule has 4 bridgehead atoms. The number of nitrogens with one attached hydrogen (secondary N) is 1. The maximum absolute atomic E-state index is 13.2. The second-order valence-corrected chi connectivity index (χ2v) is 7.07. The average Bonchev–Trinajstić information content (AvgIpc) is 2.38. The summed E-state index contributed by atoms with van der Waals surface area (Å²) in [6.07, 6.45) is 6.76. The van der Waals surface area contributed by atoms with Crippen molar-refractivity contribution in [1.29, 1.82) is 0 Å². The van der Waals surface area contributed by atoms with Crippen molar-refractivity contribution in [3.05, 3.63) is 35.6 Å².